The number of hydrogen-bond acceptors (Lipinski definition) is 3. The second-order valence-corrected chi connectivity index (χ2v) is 9.83. The summed E-state index contributed by atoms with van der Waals surface area (Å²) < 4.78 is 2.18. The van der Waals surface area contributed by atoms with Gasteiger partial charge in [-0.25, -0.2) is 0 Å². The molecular weight excluding hydrogens is 378 g/mol. The molecule has 4 nitrogen and oxygen atoms in total. The van der Waals surface area contributed by atoms with Crippen LogP contribution < -0.4 is 0 Å². The fourth-order valence-corrected chi connectivity index (χ4v) is 6.05. The molecule has 0 saturated carbocycles. The minimum atomic E-state index is 0.0857. The predicted molar refractivity (Wildman–Crippen MR) is 120 cm³/mol. The highest BCUT2D eigenvalue weighted by Crippen LogP contribution is 2.32. The minimum absolute atomic E-state index is 0.0857. The lowest BCUT2D eigenvalue weighted by atomic mass is 9.83. The molecule has 0 aromatic carbocycles. The normalized spacial score (nSPS) is 23.7. The highest BCUT2D eigenvalue weighted by Gasteiger charge is 2.35. The molecule has 158 valence electrons. The van der Waals surface area contributed by atoms with Gasteiger partial charge in [-0.3, -0.25) is 4.79 Å². The Bertz CT molecular complexity index is 719. The summed E-state index contributed by atoms with van der Waals surface area (Å²) in [6, 6.07) is 7.26. The van der Waals surface area contributed by atoms with Gasteiger partial charge in [0.2, 0.25) is 5.91 Å². The Hall–Kier alpha value is -1.59. The number of aromatic nitrogens is 1. The average molecular weight is 414 g/mol. The largest absolute Gasteiger partial charge is 0.346 e. The van der Waals surface area contributed by atoms with Crippen LogP contribution in [-0.4, -0.2) is 52.0 Å². The molecule has 0 radical (unpaired) electrons. The summed E-state index contributed by atoms with van der Waals surface area (Å²) in [5, 5.41) is 4.29. The van der Waals surface area contributed by atoms with Crippen LogP contribution in [0.25, 0.3) is 0 Å². The second kappa shape index (κ2) is 9.48. The van der Waals surface area contributed by atoms with E-state index in [9.17, 15) is 4.79 Å². The Labute approximate surface area is 179 Å². The number of rotatable bonds is 7. The molecule has 0 bridgehead atoms. The first-order chi connectivity index (χ1) is 14.1. The van der Waals surface area contributed by atoms with Crippen LogP contribution in [0.4, 0.5) is 0 Å². The minimum Gasteiger partial charge on any atom is -0.346 e. The van der Waals surface area contributed by atoms with E-state index in [0.29, 0.717) is 18.4 Å². The van der Waals surface area contributed by atoms with Crippen molar-refractivity contribution in [3.63, 3.8) is 0 Å². The average Bonchev–Trinajstić information content (AvgIpc) is 3.44. The van der Waals surface area contributed by atoms with Gasteiger partial charge in [0.25, 0.3) is 0 Å². The molecule has 0 aliphatic carbocycles. The van der Waals surface area contributed by atoms with Crippen LogP contribution in [0.15, 0.2) is 41.4 Å². The zero-order valence-electron chi connectivity index (χ0n) is 17.9. The topological polar surface area (TPSA) is 28.5 Å². The van der Waals surface area contributed by atoms with Crippen molar-refractivity contribution in [2.75, 3.05) is 19.6 Å². The van der Waals surface area contributed by atoms with Gasteiger partial charge in [0.05, 0.1) is 12.5 Å². The van der Waals surface area contributed by atoms with E-state index in [1.54, 1.807) is 11.3 Å². The van der Waals surface area contributed by atoms with E-state index in [4.69, 9.17) is 0 Å². The van der Waals surface area contributed by atoms with Crippen molar-refractivity contribution in [2.45, 2.75) is 70.5 Å². The van der Waals surface area contributed by atoms with Crippen LogP contribution in [0, 0.1) is 5.92 Å². The van der Waals surface area contributed by atoms with Crippen molar-refractivity contribution in [3.05, 3.63) is 46.9 Å². The van der Waals surface area contributed by atoms with E-state index >= 15 is 0 Å². The molecule has 2 saturated heterocycles. The summed E-state index contributed by atoms with van der Waals surface area (Å²) in [6.07, 6.45) is 11.2. The van der Waals surface area contributed by atoms with Crippen LogP contribution in [0.1, 0.15) is 64.0 Å². The molecule has 0 spiro atoms. The number of amides is 1. The number of fused-ring (bicyclic) bond motifs is 1. The van der Waals surface area contributed by atoms with Crippen molar-refractivity contribution in [1.29, 1.82) is 0 Å². The zero-order valence-corrected chi connectivity index (χ0v) is 18.7. The molecule has 1 unspecified atom stereocenters. The fourth-order valence-electron chi connectivity index (χ4n) is 5.34. The van der Waals surface area contributed by atoms with E-state index in [-0.39, 0.29) is 18.0 Å². The third-order valence-corrected chi connectivity index (χ3v) is 7.59. The molecule has 2 fully saturated rings. The first-order valence-corrected chi connectivity index (χ1v) is 12.3. The monoisotopic (exact) mass is 413 g/mol. The Morgan fingerprint density at radius 3 is 2.69 bits per heavy atom. The molecule has 5 heteroatoms. The van der Waals surface area contributed by atoms with Crippen molar-refractivity contribution in [1.82, 2.24) is 14.4 Å². The quantitative estimate of drug-likeness (QED) is 0.637. The molecule has 3 atom stereocenters. The van der Waals surface area contributed by atoms with Crippen molar-refractivity contribution in [3.8, 4) is 0 Å². The fraction of sp³-hybridized carbons (Fsp3) is 0.625. The molecular formula is C24H35N3OS. The maximum absolute atomic E-state index is 13.5. The first kappa shape index (κ1) is 20.7. The van der Waals surface area contributed by atoms with Gasteiger partial charge >= 0.3 is 0 Å². The lowest BCUT2D eigenvalue weighted by molar-refractivity contribution is -0.135. The van der Waals surface area contributed by atoms with Crippen LogP contribution in [0.5, 0.6) is 0 Å². The van der Waals surface area contributed by atoms with Gasteiger partial charge in [0.15, 0.2) is 0 Å². The molecule has 29 heavy (non-hydrogen) atoms. The summed E-state index contributed by atoms with van der Waals surface area (Å²) in [4.78, 5) is 18.4. The van der Waals surface area contributed by atoms with Crippen molar-refractivity contribution in [2.24, 2.45) is 5.92 Å². The molecule has 2 aliphatic rings. The molecule has 4 rings (SSSR count). The summed E-state index contributed by atoms with van der Waals surface area (Å²) in [5.74, 6) is 0.916. The standard InChI is InChI=1S/C24H35N3OS/c1-19(2)27(17-20-8-7-14-25-11-4-3-9-22(20)25)24(28)16-23(21-10-15-29-18-21)26-12-5-6-13-26/h5-6,10,12-13,15,18-20,22-23H,3-4,7-9,11,14,16-17H2,1-2H3/t20-,22+,23?/m0/s1. The van der Waals surface area contributed by atoms with Gasteiger partial charge in [-0.1, -0.05) is 6.42 Å². The van der Waals surface area contributed by atoms with E-state index < -0.39 is 0 Å². The van der Waals surface area contributed by atoms with Gasteiger partial charge in [-0.15, -0.1) is 0 Å². The third kappa shape index (κ3) is 4.77. The number of nitrogens with zero attached hydrogens (tertiary/aromatic N) is 3. The molecule has 1 amide bonds. The summed E-state index contributed by atoms with van der Waals surface area (Å²) in [5.41, 5.74) is 1.24. The number of thiophene rings is 1. The van der Waals surface area contributed by atoms with Crippen LogP contribution >= 0.6 is 11.3 Å². The van der Waals surface area contributed by atoms with Crippen molar-refractivity contribution >= 4 is 17.2 Å². The van der Waals surface area contributed by atoms with E-state index in [1.807, 2.05) is 12.1 Å². The van der Waals surface area contributed by atoms with Gasteiger partial charge < -0.3 is 14.4 Å². The molecule has 0 N–H and O–H groups in total. The summed E-state index contributed by atoms with van der Waals surface area (Å²) in [7, 11) is 0. The number of carbonyl (C=O) groups excluding carboxylic acids is 1. The Morgan fingerprint density at radius 1 is 1.17 bits per heavy atom. The van der Waals surface area contributed by atoms with E-state index in [2.05, 4.69) is 57.4 Å². The Balaban J connectivity index is 1.48. The van der Waals surface area contributed by atoms with Gasteiger partial charge in [-0.05, 0) is 93.1 Å². The molecule has 2 aliphatic heterocycles. The SMILES string of the molecule is CC(C)N(C[C@@H]1CCCN2CCCC[C@H]12)C(=O)CC(c1ccsc1)n1cccc1. The molecule has 2 aromatic heterocycles. The lowest BCUT2D eigenvalue weighted by Gasteiger charge is -2.46. The molecule has 2 aromatic rings. The molecule has 4 heterocycles. The Morgan fingerprint density at radius 2 is 1.97 bits per heavy atom. The van der Waals surface area contributed by atoms with Gasteiger partial charge in [0, 0.05) is 31.0 Å². The number of carbonyl (C=O) groups is 1. The second-order valence-electron chi connectivity index (χ2n) is 9.05. The number of hydrogen-bond donors (Lipinski definition) is 0. The maximum atomic E-state index is 13.5. The highest BCUT2D eigenvalue weighted by atomic mass is 32.1. The maximum Gasteiger partial charge on any atom is 0.225 e. The summed E-state index contributed by atoms with van der Waals surface area (Å²) >= 11 is 1.70. The smallest absolute Gasteiger partial charge is 0.225 e. The predicted octanol–water partition coefficient (Wildman–Crippen LogP) is 5.03. The van der Waals surface area contributed by atoms with Gasteiger partial charge in [-0.2, -0.15) is 11.3 Å². The third-order valence-electron chi connectivity index (χ3n) is 6.89. The van der Waals surface area contributed by atoms with E-state index in [0.717, 1.165) is 6.54 Å². The van der Waals surface area contributed by atoms with Crippen LogP contribution in [-0.2, 0) is 4.79 Å². The zero-order chi connectivity index (χ0) is 20.2. The number of piperidine rings is 2. The summed E-state index contributed by atoms with van der Waals surface area (Å²) in [6.45, 7) is 7.78. The van der Waals surface area contributed by atoms with Gasteiger partial charge in [0.1, 0.15) is 0 Å². The van der Waals surface area contributed by atoms with E-state index in [1.165, 1.54) is 50.8 Å². The lowest BCUT2D eigenvalue weighted by Crippen LogP contribution is -2.52. The Kier molecular flexibility index (Phi) is 6.76. The van der Waals surface area contributed by atoms with Crippen LogP contribution in [0.2, 0.25) is 0 Å². The van der Waals surface area contributed by atoms with Crippen LogP contribution in [0.3, 0.4) is 0 Å². The highest BCUT2D eigenvalue weighted by molar-refractivity contribution is 7.08. The first-order valence-electron chi connectivity index (χ1n) is 11.3. The van der Waals surface area contributed by atoms with Crippen molar-refractivity contribution < 1.29 is 4.79 Å².